The summed E-state index contributed by atoms with van der Waals surface area (Å²) in [5, 5.41) is 10.8. The Balaban J connectivity index is 2.17. The van der Waals surface area contributed by atoms with Crippen LogP contribution in [-0.4, -0.2) is 29.2 Å². The third kappa shape index (κ3) is 2.91. The molecule has 6 heteroatoms. The van der Waals surface area contributed by atoms with Gasteiger partial charge in [0.05, 0.1) is 18.1 Å². The summed E-state index contributed by atoms with van der Waals surface area (Å²) >= 11 is 0. The molecule has 1 aromatic heterocycles. The molecule has 0 unspecified atom stereocenters. The zero-order valence-corrected chi connectivity index (χ0v) is 9.59. The van der Waals surface area contributed by atoms with Crippen molar-refractivity contribution in [2.24, 2.45) is 0 Å². The third-order valence-electron chi connectivity index (χ3n) is 2.62. The van der Waals surface area contributed by atoms with Gasteiger partial charge >= 0.3 is 5.69 Å². The van der Waals surface area contributed by atoms with Crippen LogP contribution < -0.4 is 4.74 Å². The Bertz CT molecular complexity index is 416. The Hall–Kier alpha value is -1.69. The average molecular weight is 238 g/mol. The quantitative estimate of drug-likeness (QED) is 0.593. The summed E-state index contributed by atoms with van der Waals surface area (Å²) in [6.07, 6.45) is 1.44. The van der Waals surface area contributed by atoms with Crippen LogP contribution in [0.5, 0.6) is 5.88 Å². The van der Waals surface area contributed by atoms with E-state index in [2.05, 4.69) is 4.98 Å². The Morgan fingerprint density at radius 1 is 1.47 bits per heavy atom. The van der Waals surface area contributed by atoms with Crippen molar-refractivity contribution in [1.82, 2.24) is 4.98 Å². The second kappa shape index (κ2) is 5.09. The maximum absolute atomic E-state index is 10.8. The zero-order chi connectivity index (χ0) is 12.3. The van der Waals surface area contributed by atoms with Gasteiger partial charge in [-0.2, -0.15) is 0 Å². The van der Waals surface area contributed by atoms with Crippen LogP contribution in [0.15, 0.2) is 12.1 Å². The van der Waals surface area contributed by atoms with E-state index in [0.717, 1.165) is 12.8 Å². The van der Waals surface area contributed by atoms with E-state index < -0.39 is 4.92 Å². The molecule has 0 saturated carbocycles. The summed E-state index contributed by atoms with van der Waals surface area (Å²) in [5.74, 6) is 0.113. The smallest absolute Gasteiger partial charge is 0.330 e. The van der Waals surface area contributed by atoms with Crippen LogP contribution in [0.4, 0.5) is 5.69 Å². The van der Waals surface area contributed by atoms with Crippen molar-refractivity contribution in [3.8, 4) is 5.88 Å². The Kier molecular flexibility index (Phi) is 3.53. The molecular formula is C11H14N2O4. The summed E-state index contributed by atoms with van der Waals surface area (Å²) in [4.78, 5) is 14.4. The van der Waals surface area contributed by atoms with Crippen molar-refractivity contribution in [2.45, 2.75) is 25.9 Å². The fourth-order valence-corrected chi connectivity index (χ4v) is 1.70. The molecule has 2 rings (SSSR count). The van der Waals surface area contributed by atoms with Crippen LogP contribution in [0.1, 0.15) is 18.5 Å². The highest BCUT2D eigenvalue weighted by molar-refractivity contribution is 5.41. The molecule has 0 bridgehead atoms. The van der Waals surface area contributed by atoms with Gasteiger partial charge in [0.15, 0.2) is 0 Å². The first-order valence-corrected chi connectivity index (χ1v) is 5.53. The van der Waals surface area contributed by atoms with Gasteiger partial charge in [-0.15, -0.1) is 0 Å². The van der Waals surface area contributed by atoms with Gasteiger partial charge in [0.2, 0.25) is 0 Å². The van der Waals surface area contributed by atoms with E-state index in [0.29, 0.717) is 18.9 Å². The molecule has 6 nitrogen and oxygen atoms in total. The van der Waals surface area contributed by atoms with E-state index in [1.165, 1.54) is 6.07 Å². The standard InChI is InChI=1S/C11H14N2O4/c1-8-2-3-10(13(14)15)11(12-8)17-9-4-6-16-7-5-9/h2-3,9H,4-7H2,1H3. The Morgan fingerprint density at radius 2 is 2.18 bits per heavy atom. The van der Waals surface area contributed by atoms with Gasteiger partial charge in [-0.1, -0.05) is 0 Å². The molecule has 0 radical (unpaired) electrons. The third-order valence-corrected chi connectivity index (χ3v) is 2.62. The van der Waals surface area contributed by atoms with Crippen molar-refractivity contribution in [2.75, 3.05) is 13.2 Å². The second-order valence-corrected chi connectivity index (χ2v) is 3.96. The van der Waals surface area contributed by atoms with Crippen molar-refractivity contribution in [1.29, 1.82) is 0 Å². The van der Waals surface area contributed by atoms with Gasteiger partial charge in [-0.25, -0.2) is 4.98 Å². The van der Waals surface area contributed by atoms with E-state index in [1.807, 2.05) is 0 Å². The predicted octanol–water partition coefficient (Wildman–Crippen LogP) is 1.86. The van der Waals surface area contributed by atoms with E-state index in [4.69, 9.17) is 9.47 Å². The summed E-state index contributed by atoms with van der Waals surface area (Å²) in [5.41, 5.74) is 0.625. The molecule has 1 aliphatic heterocycles. The number of aryl methyl sites for hydroxylation is 1. The van der Waals surface area contributed by atoms with Crippen LogP contribution in [0.2, 0.25) is 0 Å². The lowest BCUT2D eigenvalue weighted by atomic mass is 10.1. The van der Waals surface area contributed by atoms with Gasteiger partial charge in [-0.05, 0) is 13.0 Å². The summed E-state index contributed by atoms with van der Waals surface area (Å²) in [6.45, 7) is 3.04. The first-order valence-electron chi connectivity index (χ1n) is 5.53. The molecule has 0 aliphatic carbocycles. The first-order chi connectivity index (χ1) is 8.16. The Labute approximate surface area is 98.7 Å². The lowest BCUT2D eigenvalue weighted by Gasteiger charge is -2.22. The van der Waals surface area contributed by atoms with Gasteiger partial charge in [0, 0.05) is 24.6 Å². The topological polar surface area (TPSA) is 74.5 Å². The highest BCUT2D eigenvalue weighted by Crippen LogP contribution is 2.27. The molecular weight excluding hydrogens is 224 g/mol. The molecule has 0 N–H and O–H groups in total. The SMILES string of the molecule is Cc1ccc([N+](=O)[O-])c(OC2CCOCC2)n1. The molecule has 2 heterocycles. The lowest BCUT2D eigenvalue weighted by molar-refractivity contribution is -0.386. The molecule has 0 amide bonds. The number of pyridine rings is 1. The van der Waals surface area contributed by atoms with Crippen molar-refractivity contribution in [3.63, 3.8) is 0 Å². The number of nitrogens with zero attached hydrogens (tertiary/aromatic N) is 2. The average Bonchev–Trinajstić information content (AvgIpc) is 2.30. The maximum atomic E-state index is 10.8. The van der Waals surface area contributed by atoms with Crippen LogP contribution in [0.3, 0.4) is 0 Å². The van der Waals surface area contributed by atoms with Crippen LogP contribution in [0.25, 0.3) is 0 Å². The molecule has 1 saturated heterocycles. The predicted molar refractivity (Wildman–Crippen MR) is 60.1 cm³/mol. The van der Waals surface area contributed by atoms with Crippen molar-refractivity contribution >= 4 is 5.69 Å². The van der Waals surface area contributed by atoms with E-state index in [1.54, 1.807) is 13.0 Å². The number of nitro groups is 1. The normalized spacial score (nSPS) is 16.8. The highest BCUT2D eigenvalue weighted by Gasteiger charge is 2.22. The van der Waals surface area contributed by atoms with Gasteiger partial charge in [-0.3, -0.25) is 10.1 Å². The minimum atomic E-state index is -0.471. The minimum absolute atomic E-state index is 0.0447. The van der Waals surface area contributed by atoms with Crippen LogP contribution in [-0.2, 0) is 4.74 Å². The maximum Gasteiger partial charge on any atom is 0.330 e. The molecule has 0 atom stereocenters. The van der Waals surface area contributed by atoms with Gasteiger partial charge in [0.1, 0.15) is 6.10 Å². The Morgan fingerprint density at radius 3 is 2.82 bits per heavy atom. The number of aromatic nitrogens is 1. The molecule has 0 aromatic carbocycles. The molecule has 1 aliphatic rings. The molecule has 1 aromatic rings. The largest absolute Gasteiger partial charge is 0.469 e. The van der Waals surface area contributed by atoms with Crippen LogP contribution >= 0.6 is 0 Å². The van der Waals surface area contributed by atoms with Crippen molar-refractivity contribution < 1.29 is 14.4 Å². The number of ether oxygens (including phenoxy) is 2. The second-order valence-electron chi connectivity index (χ2n) is 3.96. The van der Waals surface area contributed by atoms with Crippen molar-refractivity contribution in [3.05, 3.63) is 27.9 Å². The molecule has 92 valence electrons. The van der Waals surface area contributed by atoms with Crippen LogP contribution in [0, 0.1) is 17.0 Å². The lowest BCUT2D eigenvalue weighted by Crippen LogP contribution is -2.26. The summed E-state index contributed by atoms with van der Waals surface area (Å²) < 4.78 is 10.8. The molecule has 1 fully saturated rings. The fraction of sp³-hybridized carbons (Fsp3) is 0.545. The van der Waals surface area contributed by atoms with E-state index >= 15 is 0 Å². The van der Waals surface area contributed by atoms with E-state index in [9.17, 15) is 10.1 Å². The molecule has 0 spiro atoms. The summed E-state index contributed by atoms with van der Waals surface area (Å²) in [6, 6.07) is 3.03. The number of hydrogen-bond acceptors (Lipinski definition) is 5. The zero-order valence-electron chi connectivity index (χ0n) is 9.59. The highest BCUT2D eigenvalue weighted by atomic mass is 16.6. The minimum Gasteiger partial charge on any atom is -0.469 e. The molecule has 17 heavy (non-hydrogen) atoms. The monoisotopic (exact) mass is 238 g/mol. The summed E-state index contributed by atoms with van der Waals surface area (Å²) in [7, 11) is 0. The fourth-order valence-electron chi connectivity index (χ4n) is 1.70. The van der Waals surface area contributed by atoms with E-state index in [-0.39, 0.29) is 17.7 Å². The number of hydrogen-bond donors (Lipinski definition) is 0. The van der Waals surface area contributed by atoms with Gasteiger partial charge in [0.25, 0.3) is 5.88 Å². The van der Waals surface area contributed by atoms with Gasteiger partial charge < -0.3 is 9.47 Å². The first kappa shape index (κ1) is 11.8. The number of rotatable bonds is 3.